The van der Waals surface area contributed by atoms with E-state index in [4.69, 9.17) is 9.40 Å². The Morgan fingerprint density at radius 2 is 1.84 bits per heavy atom. The monoisotopic (exact) mass is 624 g/mol. The van der Waals surface area contributed by atoms with Crippen LogP contribution in [0.3, 0.4) is 0 Å². The van der Waals surface area contributed by atoms with Crippen LogP contribution in [0.5, 0.6) is 0 Å². The van der Waals surface area contributed by atoms with E-state index in [0.717, 1.165) is 36.4 Å². The van der Waals surface area contributed by atoms with Gasteiger partial charge >= 0.3 is 12.2 Å². The second kappa shape index (κ2) is 12.5. The average molecular weight is 625 g/mol. The summed E-state index contributed by atoms with van der Waals surface area (Å²) in [5.74, 6) is 0.146. The van der Waals surface area contributed by atoms with E-state index in [9.17, 15) is 22.8 Å². The fourth-order valence-electron chi connectivity index (χ4n) is 5.16. The number of carbonyl (C=O) groups excluding carboxylic acids is 1. The smallest absolute Gasteiger partial charge is 0.408 e. The number of thioether (sulfide) groups is 1. The van der Waals surface area contributed by atoms with Gasteiger partial charge in [0.15, 0.2) is 5.16 Å². The number of rotatable bonds is 9. The molecule has 9 nitrogen and oxygen atoms in total. The first kappa shape index (κ1) is 29.9. The summed E-state index contributed by atoms with van der Waals surface area (Å²) in [4.78, 5) is 35.3. The molecule has 13 heteroatoms. The molecular weight excluding hydrogens is 593 g/mol. The fourth-order valence-corrected chi connectivity index (χ4v) is 6.49. The predicted molar refractivity (Wildman–Crippen MR) is 159 cm³/mol. The lowest BCUT2D eigenvalue weighted by molar-refractivity contribution is -0.137. The van der Waals surface area contributed by atoms with Crippen LogP contribution in [0.15, 0.2) is 69.0 Å². The molecule has 0 radical (unpaired) electrons. The molecule has 0 spiro atoms. The second-order valence-electron chi connectivity index (χ2n) is 11.1. The molecule has 2 aromatic heterocycles. The SMILES string of the molecule is CN(CCC(=O)N1CCc2nc(SC3CCC3)n(-c3ccccc3)c(=O)c2C1)c1nnc(Cc2ccc(C(F)(F)F)cc2)o1. The topological polar surface area (TPSA) is 97.4 Å². The second-order valence-corrected chi connectivity index (χ2v) is 12.3. The minimum atomic E-state index is -4.40. The Labute approximate surface area is 256 Å². The normalized spacial score (nSPS) is 15.1. The molecule has 1 fully saturated rings. The summed E-state index contributed by atoms with van der Waals surface area (Å²) < 4.78 is 45.8. The van der Waals surface area contributed by atoms with Crippen LogP contribution in [0.1, 0.15) is 54.0 Å². The Morgan fingerprint density at radius 1 is 1.09 bits per heavy atom. The number of alkyl halides is 3. The first-order valence-corrected chi connectivity index (χ1v) is 15.4. The highest BCUT2D eigenvalue weighted by atomic mass is 32.2. The zero-order chi connectivity index (χ0) is 30.8. The van der Waals surface area contributed by atoms with Gasteiger partial charge in [-0.1, -0.05) is 53.6 Å². The van der Waals surface area contributed by atoms with Gasteiger partial charge in [0, 0.05) is 38.2 Å². The summed E-state index contributed by atoms with van der Waals surface area (Å²) in [5.41, 5.74) is 1.81. The number of hydrogen-bond acceptors (Lipinski definition) is 8. The maximum absolute atomic E-state index is 13.8. The van der Waals surface area contributed by atoms with Gasteiger partial charge < -0.3 is 14.2 Å². The maximum atomic E-state index is 13.8. The van der Waals surface area contributed by atoms with Crippen molar-refractivity contribution in [2.45, 2.75) is 61.7 Å². The Kier molecular flexibility index (Phi) is 8.48. The lowest BCUT2D eigenvalue weighted by atomic mass is 10.0. The van der Waals surface area contributed by atoms with E-state index in [-0.39, 0.29) is 42.8 Å². The Bertz CT molecular complexity index is 1690. The molecule has 1 amide bonds. The molecule has 4 aromatic rings. The fraction of sp³-hybridized carbons (Fsp3) is 0.387. The van der Waals surface area contributed by atoms with Crippen LogP contribution in [-0.4, -0.2) is 55.9 Å². The van der Waals surface area contributed by atoms with Crippen molar-refractivity contribution in [1.29, 1.82) is 0 Å². The Hall–Kier alpha value is -4.13. The van der Waals surface area contributed by atoms with Crippen LogP contribution in [0, 0.1) is 0 Å². The van der Waals surface area contributed by atoms with Gasteiger partial charge in [0.05, 0.1) is 35.5 Å². The van der Waals surface area contributed by atoms with Crippen LogP contribution >= 0.6 is 11.8 Å². The molecule has 0 saturated heterocycles. The van der Waals surface area contributed by atoms with Crippen molar-refractivity contribution in [3.8, 4) is 5.69 Å². The molecule has 1 saturated carbocycles. The Morgan fingerprint density at radius 3 is 2.52 bits per heavy atom. The number of hydrogen-bond donors (Lipinski definition) is 0. The molecular formula is C31H31F3N6O3S. The third kappa shape index (κ3) is 6.52. The van der Waals surface area contributed by atoms with Crippen molar-refractivity contribution in [3.05, 3.63) is 93.2 Å². The highest BCUT2D eigenvalue weighted by Gasteiger charge is 2.31. The number of nitrogens with zero attached hydrogens (tertiary/aromatic N) is 6. The molecule has 230 valence electrons. The van der Waals surface area contributed by atoms with Crippen molar-refractivity contribution < 1.29 is 22.4 Å². The summed E-state index contributed by atoms with van der Waals surface area (Å²) in [6, 6.07) is 14.5. The molecule has 2 aromatic carbocycles. The lowest BCUT2D eigenvalue weighted by Crippen LogP contribution is -2.42. The van der Waals surface area contributed by atoms with Crippen molar-refractivity contribution in [3.63, 3.8) is 0 Å². The maximum Gasteiger partial charge on any atom is 0.416 e. The van der Waals surface area contributed by atoms with Crippen molar-refractivity contribution in [2.24, 2.45) is 0 Å². The molecule has 0 bridgehead atoms. The minimum Gasteiger partial charge on any atom is -0.408 e. The molecule has 0 unspecified atom stereocenters. The van der Waals surface area contributed by atoms with Crippen LogP contribution in [0.2, 0.25) is 0 Å². The Balaban J connectivity index is 1.09. The van der Waals surface area contributed by atoms with Gasteiger partial charge in [-0.3, -0.25) is 14.2 Å². The molecule has 0 atom stereocenters. The number of fused-ring (bicyclic) bond motifs is 1. The number of amides is 1. The zero-order valence-corrected chi connectivity index (χ0v) is 24.9. The van der Waals surface area contributed by atoms with Gasteiger partial charge in [-0.2, -0.15) is 13.2 Å². The van der Waals surface area contributed by atoms with Gasteiger partial charge in [0.2, 0.25) is 11.8 Å². The number of benzene rings is 2. The number of aromatic nitrogens is 4. The molecule has 0 N–H and O–H groups in total. The highest BCUT2D eigenvalue weighted by molar-refractivity contribution is 7.99. The van der Waals surface area contributed by atoms with Crippen molar-refractivity contribution in [2.75, 3.05) is 25.0 Å². The summed E-state index contributed by atoms with van der Waals surface area (Å²) in [6.45, 7) is 0.971. The predicted octanol–water partition coefficient (Wildman–Crippen LogP) is 5.28. The van der Waals surface area contributed by atoms with Crippen LogP contribution in [0.25, 0.3) is 5.69 Å². The number of halogens is 3. The average Bonchev–Trinajstić information content (AvgIpc) is 3.46. The van der Waals surface area contributed by atoms with E-state index in [2.05, 4.69) is 10.2 Å². The van der Waals surface area contributed by atoms with Crippen LogP contribution in [-0.2, 0) is 30.4 Å². The minimum absolute atomic E-state index is 0.106. The van der Waals surface area contributed by atoms with E-state index in [1.54, 1.807) is 33.2 Å². The van der Waals surface area contributed by atoms with E-state index < -0.39 is 11.7 Å². The molecule has 2 aliphatic rings. The number of carbonyl (C=O) groups is 1. The van der Waals surface area contributed by atoms with Crippen LogP contribution in [0.4, 0.5) is 19.2 Å². The van der Waals surface area contributed by atoms with Gasteiger partial charge in [0.25, 0.3) is 5.56 Å². The van der Waals surface area contributed by atoms with Crippen molar-refractivity contribution >= 4 is 23.7 Å². The molecule has 1 aliphatic carbocycles. The quantitative estimate of drug-likeness (QED) is 0.232. The van der Waals surface area contributed by atoms with Gasteiger partial charge in [0.1, 0.15) is 0 Å². The summed E-state index contributed by atoms with van der Waals surface area (Å²) in [6.07, 6.45) is -0.110. The van der Waals surface area contributed by atoms with Crippen LogP contribution < -0.4 is 10.5 Å². The van der Waals surface area contributed by atoms with Gasteiger partial charge in [-0.15, -0.1) is 5.10 Å². The first-order chi connectivity index (χ1) is 21.2. The number of para-hydroxylation sites is 1. The molecule has 44 heavy (non-hydrogen) atoms. The molecule has 1 aliphatic heterocycles. The summed E-state index contributed by atoms with van der Waals surface area (Å²) in [7, 11) is 1.72. The zero-order valence-electron chi connectivity index (χ0n) is 24.1. The molecule has 6 rings (SSSR count). The summed E-state index contributed by atoms with van der Waals surface area (Å²) in [5, 5.41) is 9.21. The van der Waals surface area contributed by atoms with Gasteiger partial charge in [-0.05, 0) is 42.7 Å². The van der Waals surface area contributed by atoms with E-state index in [1.165, 1.54) is 18.6 Å². The third-order valence-corrected chi connectivity index (χ3v) is 9.26. The third-order valence-electron chi connectivity index (χ3n) is 7.97. The van der Waals surface area contributed by atoms with E-state index >= 15 is 0 Å². The molecule has 3 heterocycles. The summed E-state index contributed by atoms with van der Waals surface area (Å²) >= 11 is 1.66. The standard InChI is InChI=1S/C31H31F3N6O3S/c1-38(29-37-36-26(43-29)18-20-10-12-21(13-11-20)31(32,33)34)16-15-27(41)39-17-14-25-24(19-39)28(42)40(22-6-3-2-4-7-22)30(35-25)44-23-8-5-9-23/h2-4,6-7,10-13,23H,5,8-9,14-19H2,1H3. The van der Waals surface area contributed by atoms with E-state index in [0.29, 0.717) is 41.0 Å². The first-order valence-electron chi connectivity index (χ1n) is 14.5. The highest BCUT2D eigenvalue weighted by Crippen LogP contribution is 2.36. The van der Waals surface area contributed by atoms with Crippen molar-refractivity contribution in [1.82, 2.24) is 24.6 Å². The number of anilines is 1. The van der Waals surface area contributed by atoms with Gasteiger partial charge in [-0.25, -0.2) is 4.98 Å². The van der Waals surface area contributed by atoms with E-state index in [1.807, 2.05) is 30.3 Å². The largest absolute Gasteiger partial charge is 0.416 e. The lowest BCUT2D eigenvalue weighted by Gasteiger charge is -2.30.